The summed E-state index contributed by atoms with van der Waals surface area (Å²) in [5.74, 6) is -0.305. The van der Waals surface area contributed by atoms with E-state index >= 15 is 0 Å². The Morgan fingerprint density at radius 2 is 2.13 bits per heavy atom. The summed E-state index contributed by atoms with van der Waals surface area (Å²) in [6, 6.07) is 0. The molecule has 0 aromatic rings. The molecule has 0 saturated heterocycles. The van der Waals surface area contributed by atoms with E-state index in [0.717, 1.165) is 12.0 Å². The first-order valence-corrected chi connectivity index (χ1v) is 5.03. The number of esters is 1. The lowest BCUT2D eigenvalue weighted by Crippen LogP contribution is -2.27. The number of hydrogen-bond acceptors (Lipinski definition) is 3. The number of aliphatic hydroxyl groups is 1. The number of carbonyl (C=O) groups excluding carboxylic acids is 1. The summed E-state index contributed by atoms with van der Waals surface area (Å²) in [7, 11) is 0. The predicted octanol–water partition coefficient (Wildman–Crippen LogP) is 2.21. The van der Waals surface area contributed by atoms with Crippen LogP contribution in [0.1, 0.15) is 33.6 Å². The Kier molecular flexibility index (Phi) is 5.94. The second-order valence-corrected chi connectivity index (χ2v) is 3.86. The summed E-state index contributed by atoms with van der Waals surface area (Å²) in [5, 5.41) is 8.79. The average Bonchev–Trinajstić information content (AvgIpc) is 2.16. The highest BCUT2D eigenvalue weighted by molar-refractivity contribution is 5.66. The second-order valence-electron chi connectivity index (χ2n) is 3.86. The molecule has 0 aliphatic rings. The second kappa shape index (κ2) is 6.40. The number of ether oxygens (including phenoxy) is 1. The SMILES string of the molecule is C=C[C@](C)(CC/C=C(\C)CO)OC(C)=O. The van der Waals surface area contributed by atoms with Gasteiger partial charge in [0.1, 0.15) is 5.60 Å². The molecule has 0 unspecified atom stereocenters. The van der Waals surface area contributed by atoms with Crippen LogP contribution in [0.25, 0.3) is 0 Å². The Balaban J connectivity index is 4.21. The van der Waals surface area contributed by atoms with Crippen LogP contribution in [0.15, 0.2) is 24.3 Å². The van der Waals surface area contributed by atoms with Crippen molar-refractivity contribution in [3.05, 3.63) is 24.3 Å². The molecule has 0 heterocycles. The van der Waals surface area contributed by atoms with E-state index in [1.165, 1.54) is 6.92 Å². The summed E-state index contributed by atoms with van der Waals surface area (Å²) in [4.78, 5) is 10.8. The first-order valence-electron chi connectivity index (χ1n) is 5.03. The minimum absolute atomic E-state index is 0.0678. The fourth-order valence-corrected chi connectivity index (χ4v) is 1.19. The van der Waals surface area contributed by atoms with Crippen LogP contribution in [-0.2, 0) is 9.53 Å². The lowest BCUT2D eigenvalue weighted by Gasteiger charge is -2.24. The van der Waals surface area contributed by atoms with Gasteiger partial charge in [-0.25, -0.2) is 0 Å². The van der Waals surface area contributed by atoms with Crippen LogP contribution >= 0.6 is 0 Å². The molecule has 1 N–H and O–H groups in total. The monoisotopic (exact) mass is 212 g/mol. The molecule has 15 heavy (non-hydrogen) atoms. The summed E-state index contributed by atoms with van der Waals surface area (Å²) >= 11 is 0. The van der Waals surface area contributed by atoms with Crippen LogP contribution in [0.3, 0.4) is 0 Å². The highest BCUT2D eigenvalue weighted by atomic mass is 16.6. The van der Waals surface area contributed by atoms with Crippen molar-refractivity contribution < 1.29 is 14.6 Å². The third kappa shape index (κ3) is 6.07. The zero-order valence-electron chi connectivity index (χ0n) is 9.75. The molecular weight excluding hydrogens is 192 g/mol. The molecule has 3 nitrogen and oxygen atoms in total. The molecule has 0 amide bonds. The van der Waals surface area contributed by atoms with Crippen molar-refractivity contribution in [2.45, 2.75) is 39.2 Å². The number of aliphatic hydroxyl groups excluding tert-OH is 1. The minimum atomic E-state index is -0.613. The Morgan fingerprint density at radius 3 is 2.53 bits per heavy atom. The first kappa shape index (κ1) is 13.9. The van der Waals surface area contributed by atoms with Gasteiger partial charge in [-0.15, -0.1) is 0 Å². The largest absolute Gasteiger partial charge is 0.455 e. The Morgan fingerprint density at radius 1 is 1.53 bits per heavy atom. The fraction of sp³-hybridized carbons (Fsp3) is 0.583. The highest BCUT2D eigenvalue weighted by Gasteiger charge is 2.22. The third-order valence-electron chi connectivity index (χ3n) is 2.19. The van der Waals surface area contributed by atoms with E-state index in [1.807, 2.05) is 19.9 Å². The maximum Gasteiger partial charge on any atom is 0.303 e. The van der Waals surface area contributed by atoms with Gasteiger partial charge in [-0.3, -0.25) is 4.79 Å². The summed E-state index contributed by atoms with van der Waals surface area (Å²) < 4.78 is 5.15. The smallest absolute Gasteiger partial charge is 0.303 e. The van der Waals surface area contributed by atoms with Gasteiger partial charge in [0, 0.05) is 6.92 Å². The quantitative estimate of drug-likeness (QED) is 0.542. The Bertz CT molecular complexity index is 256. The number of hydrogen-bond donors (Lipinski definition) is 1. The van der Waals surface area contributed by atoms with Crippen LogP contribution < -0.4 is 0 Å². The molecular formula is C12H20O3. The average molecular weight is 212 g/mol. The maximum absolute atomic E-state index is 10.8. The molecule has 1 atom stereocenters. The van der Waals surface area contributed by atoms with Crippen LogP contribution in [0.2, 0.25) is 0 Å². The van der Waals surface area contributed by atoms with Crippen molar-refractivity contribution in [3.63, 3.8) is 0 Å². The van der Waals surface area contributed by atoms with Crippen molar-refractivity contribution in [3.8, 4) is 0 Å². The highest BCUT2D eigenvalue weighted by Crippen LogP contribution is 2.19. The van der Waals surface area contributed by atoms with E-state index in [0.29, 0.717) is 6.42 Å². The van der Waals surface area contributed by atoms with Crippen LogP contribution in [0, 0.1) is 0 Å². The normalized spacial score (nSPS) is 15.6. The van der Waals surface area contributed by atoms with Gasteiger partial charge >= 0.3 is 5.97 Å². The lowest BCUT2D eigenvalue weighted by molar-refractivity contribution is -0.151. The molecule has 0 saturated carbocycles. The van der Waals surface area contributed by atoms with E-state index in [4.69, 9.17) is 9.84 Å². The van der Waals surface area contributed by atoms with Gasteiger partial charge in [0.15, 0.2) is 0 Å². The predicted molar refractivity (Wildman–Crippen MR) is 60.4 cm³/mol. The van der Waals surface area contributed by atoms with E-state index < -0.39 is 5.60 Å². The molecule has 0 aromatic carbocycles. The standard InChI is InChI=1S/C12H20O3/c1-5-12(4,15-11(3)14)8-6-7-10(2)9-13/h5,7,13H,1,6,8-9H2,2-4H3/b10-7+/t12-/m1/s1. The Labute approximate surface area is 91.4 Å². The summed E-state index contributed by atoms with van der Waals surface area (Å²) in [6.45, 7) is 8.79. The molecule has 0 fully saturated rings. The van der Waals surface area contributed by atoms with Gasteiger partial charge in [0.2, 0.25) is 0 Å². The van der Waals surface area contributed by atoms with Gasteiger partial charge in [-0.1, -0.05) is 18.2 Å². The van der Waals surface area contributed by atoms with Gasteiger partial charge in [-0.05, 0) is 32.8 Å². The van der Waals surface area contributed by atoms with Crippen molar-refractivity contribution in [1.82, 2.24) is 0 Å². The Hall–Kier alpha value is -1.09. The maximum atomic E-state index is 10.8. The van der Waals surface area contributed by atoms with Crippen LogP contribution in [0.4, 0.5) is 0 Å². The zero-order chi connectivity index (χ0) is 11.9. The number of carbonyl (C=O) groups is 1. The lowest BCUT2D eigenvalue weighted by atomic mass is 9.99. The molecule has 0 aliphatic heterocycles. The molecule has 86 valence electrons. The minimum Gasteiger partial charge on any atom is -0.455 e. The summed E-state index contributed by atoms with van der Waals surface area (Å²) in [5.41, 5.74) is 0.308. The van der Waals surface area contributed by atoms with Crippen molar-refractivity contribution >= 4 is 5.97 Å². The molecule has 0 rings (SSSR count). The van der Waals surface area contributed by atoms with Gasteiger partial charge < -0.3 is 9.84 Å². The third-order valence-corrected chi connectivity index (χ3v) is 2.19. The van der Waals surface area contributed by atoms with Crippen molar-refractivity contribution in [2.24, 2.45) is 0 Å². The zero-order valence-corrected chi connectivity index (χ0v) is 9.75. The van der Waals surface area contributed by atoms with Crippen molar-refractivity contribution in [2.75, 3.05) is 6.61 Å². The number of allylic oxidation sites excluding steroid dienone is 1. The topological polar surface area (TPSA) is 46.5 Å². The van der Waals surface area contributed by atoms with E-state index in [9.17, 15) is 4.79 Å². The molecule has 0 spiro atoms. The van der Waals surface area contributed by atoms with Gasteiger partial charge in [0.05, 0.1) is 6.61 Å². The molecule has 0 radical (unpaired) electrons. The van der Waals surface area contributed by atoms with Gasteiger partial charge in [0.25, 0.3) is 0 Å². The van der Waals surface area contributed by atoms with E-state index in [-0.39, 0.29) is 12.6 Å². The van der Waals surface area contributed by atoms with E-state index in [2.05, 4.69) is 6.58 Å². The molecule has 0 aliphatic carbocycles. The molecule has 0 bridgehead atoms. The first-order chi connectivity index (χ1) is 6.93. The van der Waals surface area contributed by atoms with Gasteiger partial charge in [-0.2, -0.15) is 0 Å². The molecule has 3 heteroatoms. The van der Waals surface area contributed by atoms with Crippen LogP contribution in [-0.4, -0.2) is 23.3 Å². The summed E-state index contributed by atoms with van der Waals surface area (Å²) in [6.07, 6.45) is 5.00. The van der Waals surface area contributed by atoms with Crippen molar-refractivity contribution in [1.29, 1.82) is 0 Å². The van der Waals surface area contributed by atoms with Crippen LogP contribution in [0.5, 0.6) is 0 Å². The molecule has 0 aromatic heterocycles. The number of rotatable bonds is 6. The fourth-order valence-electron chi connectivity index (χ4n) is 1.19. The van der Waals surface area contributed by atoms with E-state index in [1.54, 1.807) is 6.08 Å².